The smallest absolute Gasteiger partial charge is 0.136 e. The van der Waals surface area contributed by atoms with E-state index in [0.717, 1.165) is 16.0 Å². The van der Waals surface area contributed by atoms with Gasteiger partial charge in [-0.25, -0.2) is 0 Å². The first-order chi connectivity index (χ1) is 10.1. The lowest BCUT2D eigenvalue weighted by molar-refractivity contribution is 0.413. The molecule has 0 bridgehead atoms. The van der Waals surface area contributed by atoms with Gasteiger partial charge in [0, 0.05) is 10.6 Å². The van der Waals surface area contributed by atoms with E-state index in [4.69, 9.17) is 15.7 Å². The minimum atomic E-state index is -1.19. The molecular weight excluding hydrogens is 284 g/mol. The molecule has 108 valence electrons. The summed E-state index contributed by atoms with van der Waals surface area (Å²) in [7, 11) is 0.319. The van der Waals surface area contributed by atoms with E-state index in [1.54, 1.807) is 30.3 Å². The molecule has 0 fully saturated rings. The molecule has 4 nitrogen and oxygen atoms in total. The molecule has 1 atom stereocenters. The van der Waals surface area contributed by atoms with E-state index in [0.29, 0.717) is 22.8 Å². The maximum Gasteiger partial charge on any atom is 0.136 e. The Morgan fingerprint density at radius 1 is 1.33 bits per heavy atom. The molecule has 0 aliphatic heterocycles. The predicted molar refractivity (Wildman–Crippen MR) is 83.4 cm³/mol. The molecule has 0 saturated heterocycles. The molecule has 0 amide bonds. The first-order valence-corrected chi connectivity index (χ1v) is 7.69. The summed E-state index contributed by atoms with van der Waals surface area (Å²) in [6.07, 6.45) is 0. The van der Waals surface area contributed by atoms with Crippen LogP contribution in [0.25, 0.3) is 0 Å². The van der Waals surface area contributed by atoms with Crippen LogP contribution in [0.2, 0.25) is 0 Å². The zero-order valence-electron chi connectivity index (χ0n) is 11.9. The third kappa shape index (κ3) is 3.23. The molecule has 0 spiro atoms. The lowest BCUT2D eigenvalue weighted by atomic mass is 10.1. The number of anilines is 1. The lowest BCUT2D eigenvalue weighted by Gasteiger charge is -2.09. The maximum absolute atomic E-state index is 12.5. The largest absolute Gasteiger partial charge is 0.495 e. The second-order valence-electron chi connectivity index (χ2n) is 4.61. The molecule has 1 unspecified atom stereocenters. The first kappa shape index (κ1) is 15.1. The summed E-state index contributed by atoms with van der Waals surface area (Å²) in [5.41, 5.74) is 8.64. The second kappa shape index (κ2) is 6.42. The van der Waals surface area contributed by atoms with Gasteiger partial charge >= 0.3 is 0 Å². The molecule has 5 heteroatoms. The van der Waals surface area contributed by atoms with Crippen LogP contribution in [0.3, 0.4) is 0 Å². The molecule has 21 heavy (non-hydrogen) atoms. The van der Waals surface area contributed by atoms with Crippen LogP contribution in [-0.4, -0.2) is 11.3 Å². The average molecular weight is 300 g/mol. The van der Waals surface area contributed by atoms with Crippen molar-refractivity contribution in [2.75, 3.05) is 12.8 Å². The van der Waals surface area contributed by atoms with Crippen molar-refractivity contribution < 1.29 is 8.95 Å². The fraction of sp³-hybridized carbons (Fsp3) is 0.188. The topological polar surface area (TPSA) is 76.1 Å². The van der Waals surface area contributed by atoms with Crippen LogP contribution in [-0.2, 0) is 16.6 Å². The van der Waals surface area contributed by atoms with Crippen molar-refractivity contribution in [2.45, 2.75) is 17.6 Å². The number of methoxy groups -OCH3 is 1. The Bertz CT molecular complexity index is 736. The fourth-order valence-corrected chi connectivity index (χ4v) is 3.35. The number of nitrogen functional groups attached to an aromatic ring is 1. The highest BCUT2D eigenvalue weighted by Gasteiger charge is 2.11. The molecule has 0 radical (unpaired) electrons. The Kier molecular flexibility index (Phi) is 4.61. The van der Waals surface area contributed by atoms with E-state index >= 15 is 0 Å². The van der Waals surface area contributed by atoms with Gasteiger partial charge < -0.3 is 10.5 Å². The Balaban J connectivity index is 2.28. The van der Waals surface area contributed by atoms with Gasteiger partial charge in [-0.3, -0.25) is 4.21 Å². The normalized spacial score (nSPS) is 11.7. The third-order valence-electron chi connectivity index (χ3n) is 3.26. The van der Waals surface area contributed by atoms with E-state index in [9.17, 15) is 4.21 Å². The first-order valence-electron chi connectivity index (χ1n) is 6.37. The number of hydrogen-bond acceptors (Lipinski definition) is 4. The average Bonchev–Trinajstić information content (AvgIpc) is 2.49. The summed E-state index contributed by atoms with van der Waals surface area (Å²) < 4.78 is 17.7. The van der Waals surface area contributed by atoms with Crippen LogP contribution in [0.5, 0.6) is 5.75 Å². The van der Waals surface area contributed by atoms with E-state index < -0.39 is 10.8 Å². The van der Waals surface area contributed by atoms with Crippen LogP contribution in [0.4, 0.5) is 5.69 Å². The van der Waals surface area contributed by atoms with Gasteiger partial charge in [0.15, 0.2) is 0 Å². The van der Waals surface area contributed by atoms with Crippen LogP contribution >= 0.6 is 0 Å². The SMILES string of the molecule is COc1cc(CS(=O)c2cccc(N)c2C)ccc1C#N. The van der Waals surface area contributed by atoms with E-state index in [1.165, 1.54) is 7.11 Å². The highest BCUT2D eigenvalue weighted by molar-refractivity contribution is 7.84. The highest BCUT2D eigenvalue weighted by Crippen LogP contribution is 2.24. The summed E-state index contributed by atoms with van der Waals surface area (Å²) in [5, 5.41) is 8.96. The minimum Gasteiger partial charge on any atom is -0.495 e. The summed E-state index contributed by atoms with van der Waals surface area (Å²) in [6, 6.07) is 12.7. The van der Waals surface area contributed by atoms with Gasteiger partial charge in [-0.15, -0.1) is 0 Å². The number of hydrogen-bond donors (Lipinski definition) is 1. The zero-order valence-corrected chi connectivity index (χ0v) is 12.7. The Morgan fingerprint density at radius 2 is 2.10 bits per heavy atom. The molecule has 0 saturated carbocycles. The summed E-state index contributed by atoms with van der Waals surface area (Å²) in [6.45, 7) is 1.86. The lowest BCUT2D eigenvalue weighted by Crippen LogP contribution is -2.02. The predicted octanol–water partition coefficient (Wildman–Crippen LogP) is 2.77. The van der Waals surface area contributed by atoms with Crippen molar-refractivity contribution in [3.63, 3.8) is 0 Å². The molecule has 0 aliphatic carbocycles. The zero-order chi connectivity index (χ0) is 15.4. The number of nitriles is 1. The van der Waals surface area contributed by atoms with Gasteiger partial charge in [0.05, 0.1) is 29.2 Å². The number of benzene rings is 2. The number of nitrogens with two attached hydrogens (primary N) is 1. The summed E-state index contributed by atoms with van der Waals surface area (Å²) >= 11 is 0. The van der Waals surface area contributed by atoms with Gasteiger partial charge in [0.2, 0.25) is 0 Å². The number of rotatable bonds is 4. The second-order valence-corrected chi connectivity index (χ2v) is 6.03. The van der Waals surface area contributed by atoms with Gasteiger partial charge in [-0.1, -0.05) is 12.1 Å². The maximum atomic E-state index is 12.5. The van der Waals surface area contributed by atoms with Crippen molar-refractivity contribution in [2.24, 2.45) is 0 Å². The molecule has 0 aliphatic rings. The van der Waals surface area contributed by atoms with Gasteiger partial charge in [0.1, 0.15) is 11.8 Å². The molecular formula is C16H16N2O2S. The monoisotopic (exact) mass is 300 g/mol. The van der Waals surface area contributed by atoms with Crippen molar-refractivity contribution in [1.82, 2.24) is 0 Å². The molecule has 2 aromatic carbocycles. The van der Waals surface area contributed by atoms with E-state index in [1.807, 2.05) is 13.0 Å². The Morgan fingerprint density at radius 3 is 2.76 bits per heavy atom. The summed E-state index contributed by atoms with van der Waals surface area (Å²) in [4.78, 5) is 0.735. The van der Waals surface area contributed by atoms with Crippen LogP contribution < -0.4 is 10.5 Å². The molecule has 2 N–H and O–H groups in total. The van der Waals surface area contributed by atoms with Crippen LogP contribution in [0.1, 0.15) is 16.7 Å². The van der Waals surface area contributed by atoms with Gasteiger partial charge in [-0.05, 0) is 42.3 Å². The summed E-state index contributed by atoms with van der Waals surface area (Å²) in [5.74, 6) is 0.850. The fourth-order valence-electron chi connectivity index (χ4n) is 2.02. The quantitative estimate of drug-likeness (QED) is 0.881. The molecule has 2 rings (SSSR count). The standard InChI is InChI=1S/C16H16N2O2S/c1-11-14(18)4-3-5-16(11)21(19)10-12-6-7-13(9-17)15(8-12)20-2/h3-8H,10,18H2,1-2H3. The highest BCUT2D eigenvalue weighted by atomic mass is 32.2. The minimum absolute atomic E-state index is 0.354. The van der Waals surface area contributed by atoms with Crippen molar-refractivity contribution in [3.05, 3.63) is 53.1 Å². The Hall–Kier alpha value is -2.32. The van der Waals surface area contributed by atoms with E-state index in [2.05, 4.69) is 6.07 Å². The van der Waals surface area contributed by atoms with E-state index in [-0.39, 0.29) is 0 Å². The Labute approximate surface area is 126 Å². The van der Waals surface area contributed by atoms with Crippen LogP contribution in [0.15, 0.2) is 41.3 Å². The van der Waals surface area contributed by atoms with Crippen molar-refractivity contribution in [3.8, 4) is 11.8 Å². The van der Waals surface area contributed by atoms with Gasteiger partial charge in [-0.2, -0.15) is 5.26 Å². The number of nitrogens with zero attached hydrogens (tertiary/aromatic N) is 1. The number of ether oxygens (including phenoxy) is 1. The van der Waals surface area contributed by atoms with Crippen LogP contribution in [0, 0.1) is 18.3 Å². The van der Waals surface area contributed by atoms with Gasteiger partial charge in [0.25, 0.3) is 0 Å². The molecule has 0 aromatic heterocycles. The molecule has 0 heterocycles. The van der Waals surface area contributed by atoms with Crippen molar-refractivity contribution >= 4 is 16.5 Å². The molecule has 2 aromatic rings. The van der Waals surface area contributed by atoms with Crippen molar-refractivity contribution in [1.29, 1.82) is 5.26 Å². The third-order valence-corrected chi connectivity index (χ3v) is 4.78.